The van der Waals surface area contributed by atoms with Crippen LogP contribution in [0.4, 0.5) is 0 Å². The van der Waals surface area contributed by atoms with Crippen molar-refractivity contribution in [2.45, 2.75) is 58.8 Å². The number of rotatable bonds is 11. The number of carbonyl (C=O) groups is 1. The van der Waals surface area contributed by atoms with Crippen LogP contribution in [0, 0.1) is 0 Å². The van der Waals surface area contributed by atoms with E-state index in [0.717, 1.165) is 22.0 Å². The molecule has 0 unspecified atom stereocenters. The minimum absolute atomic E-state index is 0.263. The van der Waals surface area contributed by atoms with E-state index in [2.05, 4.69) is 44.2 Å². The molecule has 0 fully saturated rings. The summed E-state index contributed by atoms with van der Waals surface area (Å²) in [5.41, 5.74) is 2.27. The molecule has 0 aromatic heterocycles. The zero-order valence-corrected chi connectivity index (χ0v) is 18.4. The van der Waals surface area contributed by atoms with Crippen LogP contribution < -0.4 is 3.61 Å². The molecule has 0 heterocycles. The first-order valence-corrected chi connectivity index (χ1v) is 12.1. The Labute approximate surface area is 169 Å². The van der Waals surface area contributed by atoms with Gasteiger partial charge in [0.15, 0.2) is 0 Å². The Morgan fingerprint density at radius 1 is 0.769 bits per heavy atom. The quantitative estimate of drug-likeness (QED) is 0.175. The first-order valence-electron chi connectivity index (χ1n) is 9.81. The average Bonchev–Trinajstić information content (AvgIpc) is 2.70. The van der Waals surface area contributed by atoms with Crippen LogP contribution >= 0.6 is 0 Å². The van der Waals surface area contributed by atoms with Crippen molar-refractivity contribution >= 4 is 30.3 Å². The summed E-state index contributed by atoms with van der Waals surface area (Å²) in [5, 5.41) is 0. The van der Waals surface area contributed by atoms with Gasteiger partial charge in [-0.05, 0) is 0 Å². The molecule has 138 valence electrons. The number of unbranched alkanes of at least 4 members (excludes halogenated alkanes) is 3. The van der Waals surface area contributed by atoms with Crippen molar-refractivity contribution in [1.82, 2.24) is 0 Å². The fourth-order valence-electron chi connectivity index (χ4n) is 2.94. The maximum atomic E-state index is 13.4. The van der Waals surface area contributed by atoms with Gasteiger partial charge in [0.25, 0.3) is 0 Å². The Hall–Kier alpha value is -1.36. The van der Waals surface area contributed by atoms with Gasteiger partial charge in [0.05, 0.1) is 0 Å². The van der Waals surface area contributed by atoms with E-state index in [1.54, 1.807) is 0 Å². The monoisotopic (exact) mass is 464 g/mol. The third-order valence-corrected chi connectivity index (χ3v) is 7.83. The Kier molecular flexibility index (Phi) is 9.75. The molecule has 0 saturated carbocycles. The average molecular weight is 462 g/mol. The summed E-state index contributed by atoms with van der Waals surface area (Å²) in [6.45, 7) is 4.47. The van der Waals surface area contributed by atoms with Gasteiger partial charge < -0.3 is 0 Å². The molecule has 0 atom stereocenters. The topological polar surface area (TPSA) is 17.1 Å². The molecule has 0 saturated heterocycles. The minimum atomic E-state index is -0.672. The van der Waals surface area contributed by atoms with Crippen LogP contribution in [-0.4, -0.2) is 26.7 Å². The van der Waals surface area contributed by atoms with Gasteiger partial charge in [0.1, 0.15) is 0 Å². The van der Waals surface area contributed by atoms with E-state index in [1.165, 1.54) is 41.3 Å². The Morgan fingerprint density at radius 2 is 1.35 bits per heavy atom. The van der Waals surface area contributed by atoms with Crippen LogP contribution in [0.5, 0.6) is 0 Å². The normalized spacial score (nSPS) is 11.9. The van der Waals surface area contributed by atoms with Crippen LogP contribution in [0.15, 0.2) is 69.9 Å². The van der Waals surface area contributed by atoms with E-state index in [1.807, 2.05) is 30.3 Å². The Bertz CT molecular complexity index is 689. The summed E-state index contributed by atoms with van der Waals surface area (Å²) < 4.78 is 2.50. The van der Waals surface area contributed by atoms with Gasteiger partial charge in [-0.1, -0.05) is 0 Å². The molecule has 2 rings (SSSR count). The summed E-state index contributed by atoms with van der Waals surface area (Å²) in [7, 11) is 0. The SMILES string of the molecule is CCCCCC(CCCC)=C([Te]c1ccccc1)C(=O)c1ccccc1. The van der Waals surface area contributed by atoms with Gasteiger partial charge in [-0.25, -0.2) is 0 Å². The molecule has 2 aromatic carbocycles. The third kappa shape index (κ3) is 6.75. The number of carbonyl (C=O) groups excluding carboxylic acids is 1. The fraction of sp³-hybridized carbons (Fsp3) is 0.375. The van der Waals surface area contributed by atoms with Crippen molar-refractivity contribution < 1.29 is 4.79 Å². The molecule has 0 spiro atoms. The summed E-state index contributed by atoms with van der Waals surface area (Å²) in [5.74, 6) is 0.263. The van der Waals surface area contributed by atoms with Gasteiger partial charge in [-0.3, -0.25) is 0 Å². The number of hydrogen-bond acceptors (Lipinski definition) is 1. The summed E-state index contributed by atoms with van der Waals surface area (Å²) in [4.78, 5) is 13.4. The number of allylic oxidation sites excluding steroid dienone is 2. The first kappa shape index (κ1) is 20.9. The van der Waals surface area contributed by atoms with Crippen molar-refractivity contribution in [1.29, 1.82) is 0 Å². The molecule has 0 bridgehead atoms. The van der Waals surface area contributed by atoms with Gasteiger partial charge >= 0.3 is 169 Å². The van der Waals surface area contributed by atoms with E-state index in [0.29, 0.717) is 0 Å². The summed E-state index contributed by atoms with van der Waals surface area (Å²) >= 11 is -0.672. The zero-order valence-electron chi connectivity index (χ0n) is 16.0. The Morgan fingerprint density at radius 3 is 1.96 bits per heavy atom. The van der Waals surface area contributed by atoms with Crippen molar-refractivity contribution in [3.05, 3.63) is 75.4 Å². The van der Waals surface area contributed by atoms with Crippen molar-refractivity contribution in [2.24, 2.45) is 0 Å². The molecular formula is C24H30OTe. The standard InChI is InChI=1S/C24H30OTe/c1-3-5-9-17-21(14-6-4-2)24(26-22-18-12-8-13-19-22)23(25)20-15-10-7-11-16-20/h7-8,10-13,15-16,18-19H,3-6,9,14,17H2,1-2H3. The molecule has 1 nitrogen and oxygen atoms in total. The molecule has 0 aliphatic carbocycles. The van der Waals surface area contributed by atoms with Crippen LogP contribution in [0.1, 0.15) is 69.2 Å². The van der Waals surface area contributed by atoms with E-state index >= 15 is 0 Å². The van der Waals surface area contributed by atoms with E-state index in [4.69, 9.17) is 0 Å². The summed E-state index contributed by atoms with van der Waals surface area (Å²) in [6.07, 6.45) is 8.17. The molecular weight excluding hydrogens is 432 g/mol. The van der Waals surface area contributed by atoms with Crippen molar-refractivity contribution in [3.63, 3.8) is 0 Å². The van der Waals surface area contributed by atoms with Crippen LogP contribution in [0.2, 0.25) is 0 Å². The molecule has 0 aliphatic heterocycles. The molecule has 0 aliphatic rings. The first-order chi connectivity index (χ1) is 12.8. The van der Waals surface area contributed by atoms with Crippen molar-refractivity contribution in [3.8, 4) is 0 Å². The number of Topliss-reactive ketones (excluding diaryl/α,β-unsaturated/α-hetero) is 1. The van der Waals surface area contributed by atoms with Gasteiger partial charge in [0.2, 0.25) is 0 Å². The van der Waals surface area contributed by atoms with Crippen LogP contribution in [0.3, 0.4) is 0 Å². The van der Waals surface area contributed by atoms with Crippen LogP contribution in [-0.2, 0) is 0 Å². The second-order valence-corrected chi connectivity index (χ2v) is 9.70. The second-order valence-electron chi connectivity index (χ2n) is 6.60. The predicted octanol–water partition coefficient (Wildman–Crippen LogP) is 5.92. The molecule has 0 N–H and O–H groups in total. The van der Waals surface area contributed by atoms with Gasteiger partial charge in [0, 0.05) is 0 Å². The molecule has 0 radical (unpaired) electrons. The van der Waals surface area contributed by atoms with Crippen molar-refractivity contribution in [2.75, 3.05) is 0 Å². The molecule has 2 aromatic rings. The second kappa shape index (κ2) is 12.1. The zero-order chi connectivity index (χ0) is 18.6. The van der Waals surface area contributed by atoms with E-state index < -0.39 is 20.9 Å². The summed E-state index contributed by atoms with van der Waals surface area (Å²) in [6, 6.07) is 20.4. The fourth-order valence-corrected chi connectivity index (χ4v) is 6.04. The van der Waals surface area contributed by atoms with Crippen LogP contribution in [0.25, 0.3) is 0 Å². The Balaban J connectivity index is 2.38. The maximum absolute atomic E-state index is 13.4. The number of benzene rings is 2. The van der Waals surface area contributed by atoms with E-state index in [-0.39, 0.29) is 5.78 Å². The number of ketones is 1. The van der Waals surface area contributed by atoms with Gasteiger partial charge in [-0.15, -0.1) is 0 Å². The number of hydrogen-bond donors (Lipinski definition) is 0. The van der Waals surface area contributed by atoms with Gasteiger partial charge in [-0.2, -0.15) is 0 Å². The molecule has 26 heavy (non-hydrogen) atoms. The van der Waals surface area contributed by atoms with E-state index in [9.17, 15) is 4.79 Å². The third-order valence-electron chi connectivity index (χ3n) is 4.44. The molecule has 0 amide bonds. The predicted molar refractivity (Wildman–Crippen MR) is 113 cm³/mol. The molecule has 2 heteroatoms.